The Morgan fingerprint density at radius 2 is 2.36 bits per heavy atom. The van der Waals surface area contributed by atoms with Gasteiger partial charge in [0.05, 0.1) is 19.1 Å². The lowest BCUT2D eigenvalue weighted by Crippen LogP contribution is -2.35. The van der Waals surface area contributed by atoms with Crippen molar-refractivity contribution in [3.05, 3.63) is 17.7 Å². The minimum absolute atomic E-state index is 0.402. The number of hydrogen-bond donors (Lipinski definition) is 1. The second kappa shape index (κ2) is 4.23. The van der Waals surface area contributed by atoms with E-state index in [1.165, 1.54) is 7.11 Å². The molecule has 1 heterocycles. The van der Waals surface area contributed by atoms with Crippen molar-refractivity contribution in [3.8, 4) is 0 Å². The van der Waals surface area contributed by atoms with E-state index in [1.807, 2.05) is 18.4 Å². The van der Waals surface area contributed by atoms with Crippen molar-refractivity contribution in [2.24, 2.45) is 5.73 Å². The van der Waals surface area contributed by atoms with Gasteiger partial charge in [-0.15, -0.1) is 0 Å². The number of nitrogens with zero attached hydrogens (tertiary/aromatic N) is 2. The molecule has 0 fully saturated rings. The Hall–Kier alpha value is -1.36. The third kappa shape index (κ3) is 2.11. The first-order valence-corrected chi connectivity index (χ1v) is 4.38. The van der Waals surface area contributed by atoms with Crippen molar-refractivity contribution >= 4 is 5.97 Å². The van der Waals surface area contributed by atoms with E-state index in [4.69, 9.17) is 5.73 Å². The second-order valence-corrected chi connectivity index (χ2v) is 3.20. The summed E-state index contributed by atoms with van der Waals surface area (Å²) in [5.74, 6) is -0.407. The van der Waals surface area contributed by atoms with Crippen molar-refractivity contribution in [1.29, 1.82) is 0 Å². The van der Waals surface area contributed by atoms with Crippen LogP contribution in [0.25, 0.3) is 0 Å². The van der Waals surface area contributed by atoms with Crippen LogP contribution in [0, 0.1) is 13.8 Å². The number of aromatic nitrogens is 2. The van der Waals surface area contributed by atoms with Gasteiger partial charge in [-0.25, -0.2) is 4.98 Å². The van der Waals surface area contributed by atoms with E-state index in [-0.39, 0.29) is 0 Å². The number of carbonyl (C=O) groups excluding carboxylic acids is 1. The molecule has 0 radical (unpaired) electrons. The van der Waals surface area contributed by atoms with Gasteiger partial charge in [0.15, 0.2) is 0 Å². The van der Waals surface area contributed by atoms with E-state index in [1.54, 1.807) is 6.33 Å². The Morgan fingerprint density at radius 3 is 2.79 bits per heavy atom. The van der Waals surface area contributed by atoms with E-state index in [2.05, 4.69) is 9.72 Å². The van der Waals surface area contributed by atoms with Crippen molar-refractivity contribution < 1.29 is 9.53 Å². The maximum Gasteiger partial charge on any atom is 0.324 e. The fourth-order valence-electron chi connectivity index (χ4n) is 1.17. The summed E-state index contributed by atoms with van der Waals surface area (Å²) < 4.78 is 6.38. The van der Waals surface area contributed by atoms with Crippen LogP contribution in [-0.4, -0.2) is 28.7 Å². The molecule has 5 nitrogen and oxygen atoms in total. The van der Waals surface area contributed by atoms with Crippen LogP contribution in [0.15, 0.2) is 6.33 Å². The number of methoxy groups -OCH3 is 1. The third-order valence-corrected chi connectivity index (χ3v) is 2.24. The summed E-state index contributed by atoms with van der Waals surface area (Å²) in [4.78, 5) is 15.2. The third-order valence-electron chi connectivity index (χ3n) is 2.24. The molecule has 1 aromatic heterocycles. The Morgan fingerprint density at radius 1 is 1.71 bits per heavy atom. The summed E-state index contributed by atoms with van der Waals surface area (Å²) in [6.45, 7) is 4.25. The fraction of sp³-hybridized carbons (Fsp3) is 0.556. The summed E-state index contributed by atoms with van der Waals surface area (Å²) >= 11 is 0. The van der Waals surface area contributed by atoms with Gasteiger partial charge in [0.2, 0.25) is 0 Å². The molecule has 0 aliphatic heterocycles. The topological polar surface area (TPSA) is 70.1 Å². The molecule has 1 aromatic rings. The molecular formula is C9H15N3O2. The molecule has 0 spiro atoms. The van der Waals surface area contributed by atoms with Crippen molar-refractivity contribution in [3.63, 3.8) is 0 Å². The first-order valence-electron chi connectivity index (χ1n) is 4.38. The number of carbonyl (C=O) groups is 1. The lowest BCUT2D eigenvalue weighted by molar-refractivity contribution is -0.142. The second-order valence-electron chi connectivity index (χ2n) is 3.20. The Labute approximate surface area is 82.9 Å². The van der Waals surface area contributed by atoms with Crippen molar-refractivity contribution in [1.82, 2.24) is 9.55 Å². The average molecular weight is 197 g/mol. The van der Waals surface area contributed by atoms with Gasteiger partial charge in [-0.3, -0.25) is 4.79 Å². The molecule has 1 rings (SSSR count). The van der Waals surface area contributed by atoms with Crippen LogP contribution in [0.2, 0.25) is 0 Å². The number of imidazole rings is 1. The van der Waals surface area contributed by atoms with Gasteiger partial charge in [-0.05, 0) is 13.8 Å². The molecule has 0 saturated carbocycles. The largest absolute Gasteiger partial charge is 0.468 e. The molecule has 0 bridgehead atoms. The first kappa shape index (κ1) is 10.7. The molecule has 0 saturated heterocycles. The molecule has 2 N–H and O–H groups in total. The lowest BCUT2D eigenvalue weighted by atomic mass is 10.3. The highest BCUT2D eigenvalue weighted by atomic mass is 16.5. The normalized spacial score (nSPS) is 12.6. The minimum Gasteiger partial charge on any atom is -0.468 e. The van der Waals surface area contributed by atoms with E-state index < -0.39 is 12.0 Å². The Balaban J connectivity index is 2.69. The zero-order valence-corrected chi connectivity index (χ0v) is 8.65. The monoisotopic (exact) mass is 197 g/mol. The molecule has 1 unspecified atom stereocenters. The summed E-state index contributed by atoms with van der Waals surface area (Å²) in [7, 11) is 1.33. The molecule has 1 atom stereocenters. The van der Waals surface area contributed by atoms with Crippen molar-refractivity contribution in [2.75, 3.05) is 7.11 Å². The summed E-state index contributed by atoms with van der Waals surface area (Å²) in [5.41, 5.74) is 7.58. The number of rotatable bonds is 3. The molecule has 0 aliphatic carbocycles. The lowest BCUT2D eigenvalue weighted by Gasteiger charge is -2.11. The summed E-state index contributed by atoms with van der Waals surface area (Å²) in [6.07, 6.45) is 1.67. The van der Waals surface area contributed by atoms with E-state index in [0.717, 1.165) is 11.4 Å². The zero-order valence-electron chi connectivity index (χ0n) is 8.65. The zero-order chi connectivity index (χ0) is 10.7. The van der Waals surface area contributed by atoms with Gasteiger partial charge >= 0.3 is 5.97 Å². The van der Waals surface area contributed by atoms with Crippen LogP contribution < -0.4 is 5.73 Å². The number of esters is 1. The van der Waals surface area contributed by atoms with Gasteiger partial charge in [0.1, 0.15) is 6.04 Å². The maximum atomic E-state index is 11.1. The van der Waals surface area contributed by atoms with Crippen molar-refractivity contribution in [2.45, 2.75) is 26.4 Å². The van der Waals surface area contributed by atoms with Gasteiger partial charge in [0, 0.05) is 12.2 Å². The highest BCUT2D eigenvalue weighted by Gasteiger charge is 2.15. The van der Waals surface area contributed by atoms with Crippen LogP contribution in [0.3, 0.4) is 0 Å². The molecule has 0 aromatic carbocycles. The SMILES string of the molecule is COC(=O)C(N)Cn1cnc(C)c1C. The van der Waals surface area contributed by atoms with Crippen LogP contribution in [0.5, 0.6) is 0 Å². The summed E-state index contributed by atoms with van der Waals surface area (Å²) in [6, 6.07) is -0.632. The van der Waals surface area contributed by atoms with Crippen LogP contribution >= 0.6 is 0 Å². The number of ether oxygens (including phenoxy) is 1. The predicted octanol–water partition coefficient (Wildman–Crippen LogP) is 0.000240. The quantitative estimate of drug-likeness (QED) is 0.692. The maximum absolute atomic E-state index is 11.1. The van der Waals surface area contributed by atoms with Crippen LogP contribution in [0.4, 0.5) is 0 Å². The van der Waals surface area contributed by atoms with Crippen LogP contribution in [-0.2, 0) is 16.1 Å². The highest BCUT2D eigenvalue weighted by Crippen LogP contribution is 2.04. The molecule has 14 heavy (non-hydrogen) atoms. The van der Waals surface area contributed by atoms with Gasteiger partial charge < -0.3 is 15.0 Å². The number of hydrogen-bond acceptors (Lipinski definition) is 4. The summed E-state index contributed by atoms with van der Waals surface area (Å²) in [5, 5.41) is 0. The van der Waals surface area contributed by atoms with Gasteiger partial charge in [-0.2, -0.15) is 0 Å². The first-order chi connectivity index (χ1) is 6.56. The Kier molecular flexibility index (Phi) is 3.24. The van der Waals surface area contributed by atoms with E-state index >= 15 is 0 Å². The molecular weight excluding hydrogens is 182 g/mol. The Bertz CT molecular complexity index is 333. The van der Waals surface area contributed by atoms with Gasteiger partial charge in [-0.1, -0.05) is 0 Å². The fourth-order valence-corrected chi connectivity index (χ4v) is 1.17. The van der Waals surface area contributed by atoms with E-state index in [0.29, 0.717) is 6.54 Å². The number of aryl methyl sites for hydroxylation is 1. The van der Waals surface area contributed by atoms with Crippen LogP contribution in [0.1, 0.15) is 11.4 Å². The smallest absolute Gasteiger partial charge is 0.324 e. The minimum atomic E-state index is -0.632. The molecule has 0 aliphatic rings. The molecule has 78 valence electrons. The standard InChI is InChI=1S/C9H15N3O2/c1-6-7(2)12(5-11-6)4-8(10)9(13)14-3/h5,8H,4,10H2,1-3H3. The molecule has 0 amide bonds. The van der Waals surface area contributed by atoms with E-state index in [9.17, 15) is 4.79 Å². The predicted molar refractivity (Wildman–Crippen MR) is 51.7 cm³/mol. The highest BCUT2D eigenvalue weighted by molar-refractivity contribution is 5.75. The van der Waals surface area contributed by atoms with Gasteiger partial charge in [0.25, 0.3) is 0 Å². The average Bonchev–Trinajstić information content (AvgIpc) is 2.48. The molecule has 5 heteroatoms. The number of nitrogens with two attached hydrogens (primary N) is 1.